The van der Waals surface area contributed by atoms with E-state index in [4.69, 9.17) is 5.73 Å². The maximum absolute atomic E-state index is 6.07. The Balaban J connectivity index is 2.55. The van der Waals surface area contributed by atoms with Gasteiger partial charge in [0.05, 0.1) is 0 Å². The maximum atomic E-state index is 6.07. The van der Waals surface area contributed by atoms with Gasteiger partial charge in [0.25, 0.3) is 0 Å². The molecule has 0 heterocycles. The number of hydrogen-bond donors (Lipinski definition) is 1. The summed E-state index contributed by atoms with van der Waals surface area (Å²) in [6.07, 6.45) is 5.30. The minimum atomic E-state index is 0.417. The first kappa shape index (κ1) is 9.05. The van der Waals surface area contributed by atoms with Gasteiger partial charge in [0.15, 0.2) is 0 Å². The van der Waals surface area contributed by atoms with E-state index in [1.54, 1.807) is 0 Å². The molecule has 1 saturated carbocycles. The van der Waals surface area contributed by atoms with E-state index in [9.17, 15) is 0 Å². The van der Waals surface area contributed by atoms with Crippen molar-refractivity contribution in [2.45, 2.75) is 52.5 Å². The highest BCUT2D eigenvalue weighted by atomic mass is 14.7. The van der Waals surface area contributed by atoms with Crippen LogP contribution in [0.15, 0.2) is 0 Å². The summed E-state index contributed by atoms with van der Waals surface area (Å²) >= 11 is 0. The van der Waals surface area contributed by atoms with Gasteiger partial charge in [-0.3, -0.25) is 0 Å². The number of rotatable bonds is 0. The zero-order valence-electron chi connectivity index (χ0n) is 8.06. The van der Waals surface area contributed by atoms with Crippen LogP contribution in [0.3, 0.4) is 0 Å². The van der Waals surface area contributed by atoms with Gasteiger partial charge in [-0.2, -0.15) is 0 Å². The van der Waals surface area contributed by atoms with Crippen molar-refractivity contribution < 1.29 is 0 Å². The minimum absolute atomic E-state index is 0.417. The maximum Gasteiger partial charge on any atom is 0.00721 e. The predicted octanol–water partition coefficient (Wildman–Crippen LogP) is 2.55. The lowest BCUT2D eigenvalue weighted by Crippen LogP contribution is -2.40. The molecule has 1 heteroatoms. The first-order valence-electron chi connectivity index (χ1n) is 4.77. The fourth-order valence-corrected chi connectivity index (χ4v) is 2.23. The van der Waals surface area contributed by atoms with Gasteiger partial charge in [-0.25, -0.2) is 0 Å². The Morgan fingerprint density at radius 2 is 1.64 bits per heavy atom. The van der Waals surface area contributed by atoms with E-state index in [0.29, 0.717) is 11.5 Å². The zero-order valence-corrected chi connectivity index (χ0v) is 8.06. The third-order valence-electron chi connectivity index (χ3n) is 2.93. The standard InChI is InChI=1S/C10H21N/c1-10(2,3)8-6-4-5-7-9(8)11/h8-9H,4-7,11H2,1-3H3/t8-,9-/m0/s1. The van der Waals surface area contributed by atoms with Crippen molar-refractivity contribution in [3.8, 4) is 0 Å². The molecule has 2 N–H and O–H groups in total. The summed E-state index contributed by atoms with van der Waals surface area (Å²) in [6.45, 7) is 6.93. The first-order chi connectivity index (χ1) is 5.02. The van der Waals surface area contributed by atoms with Gasteiger partial charge in [0, 0.05) is 6.04 Å². The quantitative estimate of drug-likeness (QED) is 0.571. The highest BCUT2D eigenvalue weighted by molar-refractivity contribution is 4.85. The fraction of sp³-hybridized carbons (Fsp3) is 1.00. The second kappa shape index (κ2) is 3.14. The number of nitrogens with two attached hydrogens (primary N) is 1. The van der Waals surface area contributed by atoms with E-state index in [0.717, 1.165) is 5.92 Å². The summed E-state index contributed by atoms with van der Waals surface area (Å²) in [6, 6.07) is 0.462. The Kier molecular flexibility index (Phi) is 2.58. The molecule has 0 saturated heterocycles. The molecule has 11 heavy (non-hydrogen) atoms. The van der Waals surface area contributed by atoms with Crippen LogP contribution in [0.1, 0.15) is 46.5 Å². The summed E-state index contributed by atoms with van der Waals surface area (Å²) < 4.78 is 0. The lowest BCUT2D eigenvalue weighted by Gasteiger charge is -2.38. The lowest BCUT2D eigenvalue weighted by atomic mass is 9.70. The smallest absolute Gasteiger partial charge is 0.00721 e. The molecule has 0 amide bonds. The molecule has 1 aliphatic rings. The van der Waals surface area contributed by atoms with Crippen molar-refractivity contribution in [3.05, 3.63) is 0 Å². The molecule has 1 aliphatic carbocycles. The van der Waals surface area contributed by atoms with E-state index in [1.807, 2.05) is 0 Å². The van der Waals surface area contributed by atoms with Gasteiger partial charge >= 0.3 is 0 Å². The SMILES string of the molecule is CC(C)(C)[C@H]1CCCC[C@@H]1N. The third kappa shape index (κ3) is 2.19. The molecule has 0 aromatic rings. The summed E-state index contributed by atoms with van der Waals surface area (Å²) in [5.41, 5.74) is 6.48. The second-order valence-corrected chi connectivity index (χ2v) is 4.92. The average molecular weight is 155 g/mol. The van der Waals surface area contributed by atoms with Crippen LogP contribution in [-0.2, 0) is 0 Å². The minimum Gasteiger partial charge on any atom is -0.327 e. The largest absolute Gasteiger partial charge is 0.327 e. The van der Waals surface area contributed by atoms with Gasteiger partial charge in [-0.05, 0) is 24.2 Å². The van der Waals surface area contributed by atoms with Crippen LogP contribution in [0.2, 0.25) is 0 Å². The monoisotopic (exact) mass is 155 g/mol. The first-order valence-corrected chi connectivity index (χ1v) is 4.77. The molecule has 1 nitrogen and oxygen atoms in total. The van der Waals surface area contributed by atoms with Gasteiger partial charge in [0.1, 0.15) is 0 Å². The van der Waals surface area contributed by atoms with E-state index in [-0.39, 0.29) is 0 Å². The van der Waals surface area contributed by atoms with Crippen molar-refractivity contribution in [3.63, 3.8) is 0 Å². The molecule has 1 fully saturated rings. The zero-order chi connectivity index (χ0) is 8.48. The van der Waals surface area contributed by atoms with Gasteiger partial charge < -0.3 is 5.73 Å². The Morgan fingerprint density at radius 1 is 1.09 bits per heavy atom. The molecule has 0 aliphatic heterocycles. The fourth-order valence-electron chi connectivity index (χ4n) is 2.23. The molecule has 0 spiro atoms. The molecule has 0 bridgehead atoms. The van der Waals surface area contributed by atoms with Crippen molar-refractivity contribution in [2.75, 3.05) is 0 Å². The topological polar surface area (TPSA) is 26.0 Å². The van der Waals surface area contributed by atoms with Crippen LogP contribution in [-0.4, -0.2) is 6.04 Å². The Hall–Kier alpha value is -0.0400. The van der Waals surface area contributed by atoms with Crippen molar-refractivity contribution in [2.24, 2.45) is 17.1 Å². The van der Waals surface area contributed by atoms with E-state index >= 15 is 0 Å². The molecule has 0 radical (unpaired) electrons. The highest BCUT2D eigenvalue weighted by Crippen LogP contribution is 2.36. The summed E-state index contributed by atoms with van der Waals surface area (Å²) in [4.78, 5) is 0. The highest BCUT2D eigenvalue weighted by Gasteiger charge is 2.31. The Morgan fingerprint density at radius 3 is 2.00 bits per heavy atom. The molecule has 1 rings (SSSR count). The lowest BCUT2D eigenvalue weighted by molar-refractivity contribution is 0.153. The van der Waals surface area contributed by atoms with Crippen LogP contribution < -0.4 is 5.73 Å². The van der Waals surface area contributed by atoms with Crippen LogP contribution in [0.25, 0.3) is 0 Å². The van der Waals surface area contributed by atoms with Gasteiger partial charge in [-0.1, -0.05) is 33.6 Å². The van der Waals surface area contributed by atoms with E-state index in [2.05, 4.69) is 20.8 Å². The van der Waals surface area contributed by atoms with Crippen molar-refractivity contribution in [1.82, 2.24) is 0 Å². The second-order valence-electron chi connectivity index (χ2n) is 4.92. The molecule has 0 unspecified atom stereocenters. The Labute approximate surface area is 70.4 Å². The Bertz CT molecular complexity index is 123. The van der Waals surface area contributed by atoms with Crippen LogP contribution in [0.4, 0.5) is 0 Å². The van der Waals surface area contributed by atoms with E-state index in [1.165, 1.54) is 25.7 Å². The average Bonchev–Trinajstić information content (AvgIpc) is 1.86. The summed E-state index contributed by atoms with van der Waals surface area (Å²) in [5.74, 6) is 0.747. The van der Waals surface area contributed by atoms with Gasteiger partial charge in [0.2, 0.25) is 0 Å². The van der Waals surface area contributed by atoms with Crippen LogP contribution >= 0.6 is 0 Å². The normalized spacial score (nSPS) is 33.8. The van der Waals surface area contributed by atoms with Crippen LogP contribution in [0, 0.1) is 11.3 Å². The number of hydrogen-bond acceptors (Lipinski definition) is 1. The van der Waals surface area contributed by atoms with Crippen molar-refractivity contribution in [1.29, 1.82) is 0 Å². The molecule has 0 aromatic heterocycles. The molecular weight excluding hydrogens is 134 g/mol. The molecule has 2 atom stereocenters. The van der Waals surface area contributed by atoms with E-state index < -0.39 is 0 Å². The predicted molar refractivity (Wildman–Crippen MR) is 49.4 cm³/mol. The van der Waals surface area contributed by atoms with Gasteiger partial charge in [-0.15, -0.1) is 0 Å². The molecule has 0 aromatic carbocycles. The summed E-state index contributed by atoms with van der Waals surface area (Å²) in [5, 5.41) is 0. The van der Waals surface area contributed by atoms with Crippen LogP contribution in [0.5, 0.6) is 0 Å². The van der Waals surface area contributed by atoms with Crippen molar-refractivity contribution >= 4 is 0 Å². The summed E-state index contributed by atoms with van der Waals surface area (Å²) in [7, 11) is 0. The third-order valence-corrected chi connectivity index (χ3v) is 2.93. The molecule has 66 valence electrons. The molecular formula is C10H21N.